The topological polar surface area (TPSA) is 97.0 Å². The first-order valence-corrected chi connectivity index (χ1v) is 15.1. The molecule has 1 aliphatic rings. The van der Waals surface area contributed by atoms with E-state index in [9.17, 15) is 18.0 Å². The number of anilines is 1. The van der Waals surface area contributed by atoms with E-state index in [1.165, 1.54) is 47.0 Å². The number of ether oxygens (including phenoxy) is 1. The molecule has 14 heteroatoms. The van der Waals surface area contributed by atoms with Gasteiger partial charge in [-0.3, -0.25) is 15.1 Å². The largest absolute Gasteiger partial charge is 0.573 e. The number of aromatic nitrogens is 3. The van der Waals surface area contributed by atoms with Crippen LogP contribution in [0.4, 0.5) is 18.9 Å². The standard InChI is InChI=1S/C31H28F3N7O2S2/c1-18(2)25-12-5-19(3)13-26(25)41-27(42)16-45-30(41)37-29(44)38-36-15-22-7-6-21(14-20(22)4)28-35-17-40(39-28)23-8-10-24(11-9-23)43-31(32,33)34/h5-15,17-18H,16H2,1-4H3,(H,38,44)/b36-15+,37-30-. The number of aliphatic imine (C=N–C) groups is 1. The second kappa shape index (κ2) is 13.2. The third kappa shape index (κ3) is 7.75. The predicted molar refractivity (Wildman–Crippen MR) is 174 cm³/mol. The summed E-state index contributed by atoms with van der Waals surface area (Å²) in [6.45, 7) is 8.06. The lowest BCUT2D eigenvalue weighted by molar-refractivity contribution is -0.274. The fraction of sp³-hybridized carbons (Fsp3) is 0.226. The number of nitrogens with zero attached hydrogens (tertiary/aromatic N) is 6. The zero-order valence-electron chi connectivity index (χ0n) is 24.7. The van der Waals surface area contributed by atoms with Gasteiger partial charge in [-0.25, -0.2) is 9.67 Å². The number of amides is 1. The van der Waals surface area contributed by atoms with Gasteiger partial charge in [-0.05, 0) is 90.6 Å². The number of carbonyl (C=O) groups excluding carboxylic acids is 1. The molecule has 0 unspecified atom stereocenters. The number of nitrogens with one attached hydrogen (secondary N) is 1. The highest BCUT2D eigenvalue weighted by Crippen LogP contribution is 2.34. The molecule has 0 radical (unpaired) electrons. The van der Waals surface area contributed by atoms with Gasteiger partial charge in [-0.2, -0.15) is 10.1 Å². The Balaban J connectivity index is 1.25. The summed E-state index contributed by atoms with van der Waals surface area (Å²) in [5, 5.41) is 9.31. The first kappa shape index (κ1) is 31.9. The minimum absolute atomic E-state index is 0.0546. The Bertz CT molecular complexity index is 1800. The molecular formula is C31H28F3N7O2S2. The third-order valence-electron chi connectivity index (χ3n) is 6.73. The Morgan fingerprint density at radius 1 is 1.11 bits per heavy atom. The highest BCUT2D eigenvalue weighted by Gasteiger charge is 2.32. The average Bonchev–Trinajstić information content (AvgIpc) is 3.60. The van der Waals surface area contributed by atoms with Crippen LogP contribution in [0, 0.1) is 13.8 Å². The van der Waals surface area contributed by atoms with Crippen molar-refractivity contribution in [1.29, 1.82) is 0 Å². The van der Waals surface area contributed by atoms with Crippen LogP contribution in [-0.4, -0.2) is 49.3 Å². The predicted octanol–water partition coefficient (Wildman–Crippen LogP) is 6.92. The van der Waals surface area contributed by atoms with Gasteiger partial charge in [0.25, 0.3) is 0 Å². The average molecular weight is 652 g/mol. The number of thioether (sulfide) groups is 1. The van der Waals surface area contributed by atoms with E-state index in [1.54, 1.807) is 11.1 Å². The molecule has 0 bridgehead atoms. The quantitative estimate of drug-likeness (QED) is 0.132. The molecule has 1 aromatic heterocycles. The molecule has 1 saturated heterocycles. The number of amidine groups is 1. The first-order chi connectivity index (χ1) is 21.4. The molecule has 9 nitrogen and oxygen atoms in total. The molecule has 0 aliphatic carbocycles. The van der Waals surface area contributed by atoms with Gasteiger partial charge in [0.2, 0.25) is 11.0 Å². The van der Waals surface area contributed by atoms with Crippen LogP contribution in [0.25, 0.3) is 17.1 Å². The Morgan fingerprint density at radius 3 is 2.56 bits per heavy atom. The van der Waals surface area contributed by atoms with Crippen LogP contribution in [0.5, 0.6) is 5.75 Å². The van der Waals surface area contributed by atoms with Crippen molar-refractivity contribution in [2.45, 2.75) is 40.0 Å². The summed E-state index contributed by atoms with van der Waals surface area (Å²) in [5.74, 6) is 0.561. The van der Waals surface area contributed by atoms with Crippen molar-refractivity contribution in [3.8, 4) is 22.8 Å². The monoisotopic (exact) mass is 651 g/mol. The van der Waals surface area contributed by atoms with Crippen LogP contribution in [0.1, 0.15) is 42.0 Å². The van der Waals surface area contributed by atoms with Gasteiger partial charge >= 0.3 is 6.36 Å². The SMILES string of the molecule is Cc1ccc(C(C)C)c(N2C(=O)CS/C2=N\C(=S)N/N=C/c2ccc(-c3ncn(-c4ccc(OC(F)(F)F)cc4)n3)cc2C)c1. The van der Waals surface area contributed by atoms with Gasteiger partial charge in [0.15, 0.2) is 11.0 Å². The molecule has 4 aromatic rings. The molecule has 0 spiro atoms. The van der Waals surface area contributed by atoms with E-state index in [4.69, 9.17) is 12.2 Å². The minimum atomic E-state index is -4.76. The smallest absolute Gasteiger partial charge is 0.406 e. The number of thiocarbonyl (C=S) groups is 1. The molecule has 45 heavy (non-hydrogen) atoms. The molecule has 1 fully saturated rings. The normalized spacial score (nSPS) is 14.6. The van der Waals surface area contributed by atoms with Crippen LogP contribution in [0.2, 0.25) is 0 Å². The number of hydrogen-bond donors (Lipinski definition) is 1. The van der Waals surface area contributed by atoms with Crippen molar-refractivity contribution < 1.29 is 22.7 Å². The van der Waals surface area contributed by atoms with E-state index in [1.807, 2.05) is 50.2 Å². The van der Waals surface area contributed by atoms with E-state index in [2.05, 4.69) is 44.2 Å². The number of benzene rings is 3. The van der Waals surface area contributed by atoms with Gasteiger partial charge in [-0.15, -0.1) is 18.3 Å². The number of hydrazone groups is 1. The molecule has 232 valence electrons. The Hall–Kier alpha value is -4.56. The van der Waals surface area contributed by atoms with Gasteiger partial charge in [0.05, 0.1) is 23.3 Å². The van der Waals surface area contributed by atoms with Crippen LogP contribution in [-0.2, 0) is 4.79 Å². The maximum absolute atomic E-state index is 12.8. The summed E-state index contributed by atoms with van der Waals surface area (Å²) in [5.41, 5.74) is 8.65. The van der Waals surface area contributed by atoms with Crippen molar-refractivity contribution >= 4 is 52.1 Å². The van der Waals surface area contributed by atoms with Crippen molar-refractivity contribution in [3.63, 3.8) is 0 Å². The number of rotatable bonds is 7. The summed E-state index contributed by atoms with van der Waals surface area (Å²) in [6.07, 6.45) is -1.67. The molecule has 0 saturated carbocycles. The summed E-state index contributed by atoms with van der Waals surface area (Å²) < 4.78 is 42.7. The maximum Gasteiger partial charge on any atom is 0.573 e. The summed E-state index contributed by atoms with van der Waals surface area (Å²) >= 11 is 6.74. The second-order valence-electron chi connectivity index (χ2n) is 10.4. The lowest BCUT2D eigenvalue weighted by Gasteiger charge is -2.22. The van der Waals surface area contributed by atoms with E-state index in [0.717, 1.165) is 33.5 Å². The van der Waals surface area contributed by atoms with Crippen LogP contribution in [0.3, 0.4) is 0 Å². The van der Waals surface area contributed by atoms with Crippen molar-refractivity contribution in [3.05, 3.63) is 89.2 Å². The number of aryl methyl sites for hydroxylation is 2. The fourth-order valence-electron chi connectivity index (χ4n) is 4.57. The zero-order valence-corrected chi connectivity index (χ0v) is 26.3. The lowest BCUT2D eigenvalue weighted by atomic mass is 9.99. The molecule has 0 atom stereocenters. The lowest BCUT2D eigenvalue weighted by Crippen LogP contribution is -2.31. The van der Waals surface area contributed by atoms with Gasteiger partial charge in [-0.1, -0.05) is 49.9 Å². The van der Waals surface area contributed by atoms with Gasteiger partial charge < -0.3 is 4.74 Å². The number of halogens is 3. The number of carbonyl (C=O) groups is 1. The van der Waals surface area contributed by atoms with E-state index in [0.29, 0.717) is 16.7 Å². The maximum atomic E-state index is 12.8. The van der Waals surface area contributed by atoms with Crippen molar-refractivity contribution in [1.82, 2.24) is 20.2 Å². The van der Waals surface area contributed by atoms with E-state index >= 15 is 0 Å². The van der Waals surface area contributed by atoms with E-state index in [-0.39, 0.29) is 28.4 Å². The van der Waals surface area contributed by atoms with Crippen molar-refractivity contribution in [2.24, 2.45) is 10.1 Å². The Labute approximate surface area is 267 Å². The summed E-state index contributed by atoms with van der Waals surface area (Å²) in [6, 6.07) is 17.0. The fourth-order valence-corrected chi connectivity index (χ4v) is 5.63. The summed E-state index contributed by atoms with van der Waals surface area (Å²) in [7, 11) is 0. The molecule has 1 amide bonds. The zero-order chi connectivity index (χ0) is 32.3. The Morgan fingerprint density at radius 2 is 1.87 bits per heavy atom. The first-order valence-electron chi connectivity index (χ1n) is 13.7. The third-order valence-corrected chi connectivity index (χ3v) is 7.84. The molecule has 1 N–H and O–H groups in total. The van der Waals surface area contributed by atoms with Crippen molar-refractivity contribution in [2.75, 3.05) is 10.7 Å². The minimum Gasteiger partial charge on any atom is -0.406 e. The molecule has 1 aliphatic heterocycles. The van der Waals surface area contributed by atoms with E-state index < -0.39 is 6.36 Å². The second-order valence-corrected chi connectivity index (χ2v) is 11.8. The molecule has 2 heterocycles. The Kier molecular flexibility index (Phi) is 9.34. The van der Waals surface area contributed by atoms with Crippen LogP contribution >= 0.6 is 24.0 Å². The molecular weight excluding hydrogens is 624 g/mol. The van der Waals surface area contributed by atoms with Gasteiger partial charge in [0, 0.05) is 5.56 Å². The number of alkyl halides is 3. The molecule has 5 rings (SSSR count). The highest BCUT2D eigenvalue weighted by molar-refractivity contribution is 8.15. The summed E-state index contributed by atoms with van der Waals surface area (Å²) in [4.78, 5) is 23.3. The van der Waals surface area contributed by atoms with Crippen LogP contribution in [0.15, 0.2) is 77.1 Å². The number of hydrogen-bond acceptors (Lipinski definition) is 7. The van der Waals surface area contributed by atoms with Crippen LogP contribution < -0.4 is 15.1 Å². The highest BCUT2D eigenvalue weighted by atomic mass is 32.2. The molecule has 3 aromatic carbocycles. The van der Waals surface area contributed by atoms with Gasteiger partial charge in [0.1, 0.15) is 12.1 Å².